The molecule has 2 aromatic carbocycles. The third kappa shape index (κ3) is 3.25. The van der Waals surface area contributed by atoms with Crippen LogP contribution >= 0.6 is 0 Å². The average molecular weight is 354 g/mol. The smallest absolute Gasteiger partial charge is 0.363 e. The van der Waals surface area contributed by atoms with E-state index >= 15 is 0 Å². The molecule has 0 radical (unpaired) electrons. The van der Waals surface area contributed by atoms with E-state index in [1.807, 2.05) is 0 Å². The lowest BCUT2D eigenvalue weighted by Gasteiger charge is -2.08. The molecular formula is C18H14N2O6. The average Bonchev–Trinajstić information content (AvgIpc) is 3.02. The Hall–Kier alpha value is -3.68. The number of benzene rings is 2. The molecule has 0 unspecified atom stereocenters. The van der Waals surface area contributed by atoms with Gasteiger partial charge in [-0.1, -0.05) is 12.1 Å². The monoisotopic (exact) mass is 354 g/mol. The molecule has 0 amide bonds. The minimum absolute atomic E-state index is 0.0240. The van der Waals surface area contributed by atoms with Crippen molar-refractivity contribution < 1.29 is 23.9 Å². The normalized spacial score (nSPS) is 14.8. The van der Waals surface area contributed by atoms with Gasteiger partial charge in [0.1, 0.15) is 0 Å². The zero-order valence-electron chi connectivity index (χ0n) is 14.0. The van der Waals surface area contributed by atoms with Crippen molar-refractivity contribution in [3.8, 4) is 11.5 Å². The minimum Gasteiger partial charge on any atom is -0.493 e. The largest absolute Gasteiger partial charge is 0.493 e. The summed E-state index contributed by atoms with van der Waals surface area (Å²) < 4.78 is 15.6. The summed E-state index contributed by atoms with van der Waals surface area (Å²) in [7, 11) is 3.00. The van der Waals surface area contributed by atoms with Crippen molar-refractivity contribution in [2.75, 3.05) is 14.2 Å². The third-order valence-corrected chi connectivity index (χ3v) is 3.68. The van der Waals surface area contributed by atoms with Gasteiger partial charge in [-0.15, -0.1) is 0 Å². The molecule has 2 aromatic rings. The first-order valence-corrected chi connectivity index (χ1v) is 7.52. The Labute approximate surface area is 148 Å². The Balaban J connectivity index is 1.99. The first-order chi connectivity index (χ1) is 12.5. The zero-order chi connectivity index (χ0) is 18.7. The molecule has 0 saturated heterocycles. The van der Waals surface area contributed by atoms with Crippen LogP contribution in [0.4, 0.5) is 5.69 Å². The Kier molecular flexibility index (Phi) is 4.66. The number of ether oxygens (including phenoxy) is 3. The van der Waals surface area contributed by atoms with Crippen LogP contribution in [0.1, 0.15) is 11.1 Å². The first kappa shape index (κ1) is 17.2. The van der Waals surface area contributed by atoms with Crippen molar-refractivity contribution in [3.05, 3.63) is 69.4 Å². The molecule has 1 heterocycles. The van der Waals surface area contributed by atoms with Crippen LogP contribution < -0.4 is 9.47 Å². The fourth-order valence-corrected chi connectivity index (χ4v) is 2.43. The van der Waals surface area contributed by atoms with Gasteiger partial charge in [-0.2, -0.15) is 0 Å². The number of nitro groups is 1. The number of carbonyl (C=O) groups excluding carboxylic acids is 1. The zero-order valence-corrected chi connectivity index (χ0v) is 14.0. The van der Waals surface area contributed by atoms with E-state index in [0.29, 0.717) is 17.1 Å². The van der Waals surface area contributed by atoms with Gasteiger partial charge in [0.2, 0.25) is 5.90 Å². The lowest BCUT2D eigenvalue weighted by molar-refractivity contribution is -0.385. The molecule has 3 rings (SSSR count). The van der Waals surface area contributed by atoms with E-state index < -0.39 is 10.9 Å². The highest BCUT2D eigenvalue weighted by Crippen LogP contribution is 2.30. The Bertz CT molecular complexity index is 948. The van der Waals surface area contributed by atoms with E-state index in [-0.39, 0.29) is 22.8 Å². The molecule has 0 spiro atoms. The Morgan fingerprint density at radius 1 is 1.12 bits per heavy atom. The van der Waals surface area contributed by atoms with Gasteiger partial charge in [0.05, 0.1) is 24.7 Å². The molecule has 0 aliphatic carbocycles. The van der Waals surface area contributed by atoms with Crippen LogP contribution in [0.2, 0.25) is 0 Å². The molecule has 0 aromatic heterocycles. The third-order valence-electron chi connectivity index (χ3n) is 3.68. The summed E-state index contributed by atoms with van der Waals surface area (Å²) in [4.78, 5) is 26.8. The predicted molar refractivity (Wildman–Crippen MR) is 93.2 cm³/mol. The molecule has 8 heteroatoms. The van der Waals surface area contributed by atoms with Crippen molar-refractivity contribution in [1.82, 2.24) is 0 Å². The maximum atomic E-state index is 12.1. The van der Waals surface area contributed by atoms with Crippen molar-refractivity contribution >= 4 is 23.6 Å². The molecule has 0 fully saturated rings. The van der Waals surface area contributed by atoms with E-state index in [9.17, 15) is 14.9 Å². The number of carbonyl (C=O) groups is 1. The number of hydrogen-bond donors (Lipinski definition) is 0. The number of nitrogens with zero attached hydrogens (tertiary/aromatic N) is 2. The number of hydrogen-bond acceptors (Lipinski definition) is 7. The summed E-state index contributed by atoms with van der Waals surface area (Å²) >= 11 is 0. The van der Waals surface area contributed by atoms with Crippen LogP contribution in [-0.4, -0.2) is 31.0 Å². The SMILES string of the molecule is COc1ccc(C2=NC(=Cc3ccccc3[N+](=O)[O-])C(=O)O2)cc1OC. The molecule has 26 heavy (non-hydrogen) atoms. The van der Waals surface area contributed by atoms with E-state index in [0.717, 1.165) is 0 Å². The molecule has 0 saturated carbocycles. The van der Waals surface area contributed by atoms with Gasteiger partial charge in [0.25, 0.3) is 5.69 Å². The lowest BCUT2D eigenvalue weighted by atomic mass is 10.1. The highest BCUT2D eigenvalue weighted by molar-refractivity contribution is 6.13. The van der Waals surface area contributed by atoms with Gasteiger partial charge in [-0.05, 0) is 30.3 Å². The molecular weight excluding hydrogens is 340 g/mol. The number of para-hydroxylation sites is 1. The van der Waals surface area contributed by atoms with Crippen LogP contribution in [0.5, 0.6) is 11.5 Å². The molecule has 0 bridgehead atoms. The maximum Gasteiger partial charge on any atom is 0.363 e. The van der Waals surface area contributed by atoms with Gasteiger partial charge in [0.15, 0.2) is 17.2 Å². The quantitative estimate of drug-likeness (QED) is 0.354. The van der Waals surface area contributed by atoms with Gasteiger partial charge in [-0.25, -0.2) is 9.79 Å². The van der Waals surface area contributed by atoms with Crippen LogP contribution in [0.3, 0.4) is 0 Å². The van der Waals surface area contributed by atoms with Crippen molar-refractivity contribution in [2.45, 2.75) is 0 Å². The molecule has 8 nitrogen and oxygen atoms in total. The van der Waals surface area contributed by atoms with E-state index in [4.69, 9.17) is 14.2 Å². The Morgan fingerprint density at radius 2 is 1.85 bits per heavy atom. The molecule has 0 N–H and O–H groups in total. The second-order valence-electron chi connectivity index (χ2n) is 5.22. The van der Waals surface area contributed by atoms with E-state index in [1.165, 1.54) is 32.4 Å². The van der Waals surface area contributed by atoms with Crippen LogP contribution in [0.15, 0.2) is 53.2 Å². The van der Waals surface area contributed by atoms with Gasteiger partial charge >= 0.3 is 5.97 Å². The molecule has 132 valence electrons. The van der Waals surface area contributed by atoms with Crippen molar-refractivity contribution in [1.29, 1.82) is 0 Å². The molecule has 1 aliphatic rings. The Morgan fingerprint density at radius 3 is 2.54 bits per heavy atom. The van der Waals surface area contributed by atoms with E-state index in [2.05, 4.69) is 4.99 Å². The van der Waals surface area contributed by atoms with Gasteiger partial charge < -0.3 is 14.2 Å². The van der Waals surface area contributed by atoms with Gasteiger partial charge in [0, 0.05) is 11.6 Å². The van der Waals surface area contributed by atoms with Crippen molar-refractivity contribution in [2.24, 2.45) is 4.99 Å². The van der Waals surface area contributed by atoms with E-state index in [1.54, 1.807) is 30.3 Å². The fraction of sp³-hybridized carbons (Fsp3) is 0.111. The first-order valence-electron chi connectivity index (χ1n) is 7.52. The second-order valence-corrected chi connectivity index (χ2v) is 5.22. The second kappa shape index (κ2) is 7.06. The summed E-state index contributed by atoms with van der Waals surface area (Å²) in [6.45, 7) is 0. The van der Waals surface area contributed by atoms with Crippen LogP contribution in [0, 0.1) is 10.1 Å². The number of cyclic esters (lactones) is 1. The summed E-state index contributed by atoms with van der Waals surface area (Å²) in [5, 5.41) is 11.1. The summed E-state index contributed by atoms with van der Waals surface area (Å²) in [5.41, 5.74) is 0.635. The minimum atomic E-state index is -0.687. The summed E-state index contributed by atoms with van der Waals surface area (Å²) in [6, 6.07) is 11.0. The fourth-order valence-electron chi connectivity index (χ4n) is 2.43. The summed E-state index contributed by atoms with van der Waals surface area (Å²) in [6.07, 6.45) is 1.33. The number of rotatable bonds is 5. The standard InChI is InChI=1S/C18H14N2O6/c1-24-15-8-7-12(10-16(15)25-2)17-19-13(18(21)26-17)9-11-5-3-4-6-14(11)20(22)23/h3-10H,1-2H3. The predicted octanol–water partition coefficient (Wildman–Crippen LogP) is 2.96. The topological polar surface area (TPSA) is 100 Å². The number of esters is 1. The van der Waals surface area contributed by atoms with Crippen LogP contribution in [-0.2, 0) is 9.53 Å². The maximum absolute atomic E-state index is 12.1. The number of nitro benzene ring substituents is 1. The number of aliphatic imine (C=N–C) groups is 1. The lowest BCUT2D eigenvalue weighted by Crippen LogP contribution is -2.06. The molecule has 0 atom stereocenters. The molecule has 1 aliphatic heterocycles. The van der Waals surface area contributed by atoms with Crippen molar-refractivity contribution in [3.63, 3.8) is 0 Å². The highest BCUT2D eigenvalue weighted by Gasteiger charge is 2.26. The van der Waals surface area contributed by atoms with Gasteiger partial charge in [-0.3, -0.25) is 10.1 Å². The number of methoxy groups -OCH3 is 2. The van der Waals surface area contributed by atoms with Crippen LogP contribution in [0.25, 0.3) is 6.08 Å². The summed E-state index contributed by atoms with van der Waals surface area (Å²) in [5.74, 6) is 0.380. The highest BCUT2D eigenvalue weighted by atomic mass is 16.6.